The molecule has 2 N–H and O–H groups in total. The minimum absolute atomic E-state index is 0.0241. The Morgan fingerprint density at radius 3 is 2.04 bits per heavy atom. The third-order valence-corrected chi connectivity index (χ3v) is 5.21. The highest BCUT2D eigenvalue weighted by Gasteiger charge is 2.28. The molecule has 0 saturated heterocycles. The Balaban J connectivity index is 2.06. The third-order valence-electron chi connectivity index (χ3n) is 5.21. The van der Waals surface area contributed by atoms with Crippen molar-refractivity contribution in [3.05, 3.63) is 23.8 Å². The van der Waals surface area contributed by atoms with Gasteiger partial charge in [-0.05, 0) is 49.7 Å². The van der Waals surface area contributed by atoms with Gasteiger partial charge in [-0.15, -0.1) is 0 Å². The highest BCUT2D eigenvalue weighted by atomic mass is 16.5. The Morgan fingerprint density at radius 2 is 1.56 bits per heavy atom. The van der Waals surface area contributed by atoms with Crippen LogP contribution in [-0.2, 0) is 4.79 Å². The second-order valence-electron chi connectivity index (χ2n) is 7.76. The van der Waals surface area contributed by atoms with Crippen LogP contribution in [0.4, 0.5) is 0 Å². The molecular formula is C21H32N2O4. The van der Waals surface area contributed by atoms with E-state index in [9.17, 15) is 9.59 Å². The molecule has 1 fully saturated rings. The first-order chi connectivity index (χ1) is 12.8. The molecule has 1 aromatic carbocycles. The number of carbonyl (C=O) groups excluding carboxylic acids is 2. The summed E-state index contributed by atoms with van der Waals surface area (Å²) >= 11 is 0. The molecule has 0 unspecified atom stereocenters. The van der Waals surface area contributed by atoms with Crippen molar-refractivity contribution in [3.63, 3.8) is 0 Å². The fourth-order valence-corrected chi connectivity index (χ4v) is 3.39. The molecule has 6 heteroatoms. The van der Waals surface area contributed by atoms with Gasteiger partial charge >= 0.3 is 0 Å². The van der Waals surface area contributed by atoms with E-state index >= 15 is 0 Å². The van der Waals surface area contributed by atoms with Gasteiger partial charge in [0.15, 0.2) is 0 Å². The first-order valence-corrected chi connectivity index (χ1v) is 9.68. The van der Waals surface area contributed by atoms with E-state index in [-0.39, 0.29) is 23.8 Å². The third kappa shape index (κ3) is 5.88. The van der Waals surface area contributed by atoms with E-state index in [1.807, 2.05) is 13.8 Å². The number of ether oxygens (including phenoxy) is 2. The van der Waals surface area contributed by atoms with Gasteiger partial charge < -0.3 is 20.1 Å². The van der Waals surface area contributed by atoms with Crippen LogP contribution in [0.3, 0.4) is 0 Å². The average Bonchev–Trinajstić information content (AvgIpc) is 2.66. The lowest BCUT2D eigenvalue weighted by Crippen LogP contribution is -2.52. The molecule has 6 nitrogen and oxygen atoms in total. The molecule has 0 bridgehead atoms. The fraction of sp³-hybridized carbons (Fsp3) is 0.619. The quantitative estimate of drug-likeness (QED) is 0.766. The molecule has 1 aromatic rings. The van der Waals surface area contributed by atoms with E-state index in [1.165, 1.54) is 14.2 Å². The lowest BCUT2D eigenvalue weighted by molar-refractivity contribution is -0.124. The molecule has 27 heavy (non-hydrogen) atoms. The SMILES string of the molecule is COc1cc(OC)cc(C(=O)N[C@@H](C(=O)NC2CCC(C)CC2)C(C)C)c1. The van der Waals surface area contributed by atoms with Crippen molar-refractivity contribution in [2.45, 2.75) is 58.5 Å². The van der Waals surface area contributed by atoms with Crippen LogP contribution in [-0.4, -0.2) is 38.1 Å². The minimum Gasteiger partial charge on any atom is -0.497 e. The standard InChI is InChI=1S/C21H32N2O4/c1-13(2)19(21(25)22-16-8-6-14(3)7-9-16)23-20(24)15-10-17(26-4)12-18(11-15)27-5/h10-14,16,19H,6-9H2,1-5H3,(H,22,25)(H,23,24)/t14?,16?,19-/m1/s1. The van der Waals surface area contributed by atoms with Gasteiger partial charge in [0.1, 0.15) is 17.5 Å². The number of nitrogens with one attached hydrogen (secondary N) is 2. The maximum absolute atomic E-state index is 12.8. The molecule has 1 aliphatic rings. The number of rotatable bonds is 7. The van der Waals surface area contributed by atoms with Gasteiger partial charge in [-0.1, -0.05) is 20.8 Å². The summed E-state index contributed by atoms with van der Waals surface area (Å²) in [6, 6.07) is 4.58. The number of methoxy groups -OCH3 is 2. The molecule has 0 spiro atoms. The van der Waals surface area contributed by atoms with Crippen molar-refractivity contribution in [3.8, 4) is 11.5 Å². The minimum atomic E-state index is -0.589. The Hall–Kier alpha value is -2.24. The average molecular weight is 376 g/mol. The Kier molecular flexibility index (Phi) is 7.51. The zero-order valence-electron chi connectivity index (χ0n) is 17.0. The second kappa shape index (κ2) is 9.62. The van der Waals surface area contributed by atoms with Crippen molar-refractivity contribution >= 4 is 11.8 Å². The number of amides is 2. The Morgan fingerprint density at radius 1 is 1.00 bits per heavy atom. The second-order valence-corrected chi connectivity index (χ2v) is 7.76. The summed E-state index contributed by atoms with van der Waals surface area (Å²) in [5.41, 5.74) is 0.399. The number of carbonyl (C=O) groups is 2. The van der Waals surface area contributed by atoms with E-state index in [0.29, 0.717) is 17.1 Å². The van der Waals surface area contributed by atoms with Gasteiger partial charge in [-0.25, -0.2) is 0 Å². The number of hydrogen-bond acceptors (Lipinski definition) is 4. The molecule has 1 atom stereocenters. The van der Waals surface area contributed by atoms with Gasteiger partial charge in [-0.2, -0.15) is 0 Å². The summed E-state index contributed by atoms with van der Waals surface area (Å²) in [6.07, 6.45) is 4.26. The maximum atomic E-state index is 12.8. The summed E-state index contributed by atoms with van der Waals surface area (Å²) in [5.74, 6) is 1.32. The molecular weight excluding hydrogens is 344 g/mol. The predicted molar refractivity (Wildman–Crippen MR) is 105 cm³/mol. The molecule has 0 heterocycles. The van der Waals surface area contributed by atoms with Crippen LogP contribution in [0.15, 0.2) is 18.2 Å². The van der Waals surface area contributed by atoms with Crippen molar-refractivity contribution in [2.24, 2.45) is 11.8 Å². The summed E-state index contributed by atoms with van der Waals surface area (Å²) in [4.78, 5) is 25.5. The van der Waals surface area contributed by atoms with Gasteiger partial charge in [0.25, 0.3) is 5.91 Å². The highest BCUT2D eigenvalue weighted by molar-refractivity contribution is 5.98. The molecule has 1 saturated carbocycles. The molecule has 1 aliphatic carbocycles. The lowest BCUT2D eigenvalue weighted by Gasteiger charge is -2.29. The molecule has 150 valence electrons. The van der Waals surface area contributed by atoms with E-state index in [2.05, 4.69) is 17.6 Å². The Labute approximate surface area is 162 Å². The topological polar surface area (TPSA) is 76.7 Å². The summed E-state index contributed by atoms with van der Waals surface area (Å²) in [5, 5.41) is 5.99. The van der Waals surface area contributed by atoms with Crippen LogP contribution < -0.4 is 20.1 Å². The van der Waals surface area contributed by atoms with Crippen LogP contribution in [0.25, 0.3) is 0 Å². The van der Waals surface area contributed by atoms with Gasteiger partial charge in [0.2, 0.25) is 5.91 Å². The number of benzene rings is 1. The summed E-state index contributed by atoms with van der Waals surface area (Å²) in [6.45, 7) is 6.11. The molecule has 2 amide bonds. The fourth-order valence-electron chi connectivity index (χ4n) is 3.39. The van der Waals surface area contributed by atoms with E-state index in [0.717, 1.165) is 31.6 Å². The highest BCUT2D eigenvalue weighted by Crippen LogP contribution is 2.24. The monoisotopic (exact) mass is 376 g/mol. The van der Waals surface area contributed by atoms with Crippen molar-refractivity contribution in [1.29, 1.82) is 0 Å². The maximum Gasteiger partial charge on any atom is 0.252 e. The first-order valence-electron chi connectivity index (χ1n) is 9.68. The first kappa shape index (κ1) is 21.1. The zero-order valence-corrected chi connectivity index (χ0v) is 17.0. The van der Waals surface area contributed by atoms with Gasteiger partial charge in [-0.3, -0.25) is 9.59 Å². The summed E-state index contributed by atoms with van der Waals surface area (Å²) in [7, 11) is 3.07. The van der Waals surface area contributed by atoms with Crippen LogP contribution in [0, 0.1) is 11.8 Å². The smallest absolute Gasteiger partial charge is 0.252 e. The van der Waals surface area contributed by atoms with E-state index < -0.39 is 6.04 Å². The van der Waals surface area contributed by atoms with Crippen LogP contribution in [0.1, 0.15) is 56.8 Å². The molecule has 2 rings (SSSR count). The molecule has 0 radical (unpaired) electrons. The predicted octanol–water partition coefficient (Wildman–Crippen LogP) is 3.15. The van der Waals surface area contributed by atoms with Crippen molar-refractivity contribution < 1.29 is 19.1 Å². The molecule has 0 aromatic heterocycles. The van der Waals surface area contributed by atoms with Gasteiger partial charge in [0, 0.05) is 17.7 Å². The normalized spacial score (nSPS) is 20.7. The summed E-state index contributed by atoms with van der Waals surface area (Å²) < 4.78 is 10.4. The van der Waals surface area contributed by atoms with E-state index in [4.69, 9.17) is 9.47 Å². The van der Waals surface area contributed by atoms with Gasteiger partial charge in [0.05, 0.1) is 14.2 Å². The van der Waals surface area contributed by atoms with Crippen LogP contribution in [0.2, 0.25) is 0 Å². The van der Waals surface area contributed by atoms with Crippen molar-refractivity contribution in [2.75, 3.05) is 14.2 Å². The van der Waals surface area contributed by atoms with Crippen LogP contribution >= 0.6 is 0 Å². The largest absolute Gasteiger partial charge is 0.497 e. The molecule has 0 aliphatic heterocycles. The lowest BCUT2D eigenvalue weighted by atomic mass is 9.87. The van der Waals surface area contributed by atoms with E-state index in [1.54, 1.807) is 18.2 Å². The van der Waals surface area contributed by atoms with Crippen LogP contribution in [0.5, 0.6) is 11.5 Å². The number of hydrogen-bond donors (Lipinski definition) is 2. The van der Waals surface area contributed by atoms with Crippen molar-refractivity contribution in [1.82, 2.24) is 10.6 Å². The Bertz CT molecular complexity index is 629. The zero-order chi connectivity index (χ0) is 20.0.